The van der Waals surface area contributed by atoms with E-state index in [9.17, 15) is 0 Å². The van der Waals surface area contributed by atoms with Crippen LogP contribution in [0.1, 0.15) is 32.1 Å². The third-order valence-electron chi connectivity index (χ3n) is 3.33. The summed E-state index contributed by atoms with van der Waals surface area (Å²) in [4.78, 5) is 2.46. The molecule has 0 aromatic carbocycles. The van der Waals surface area contributed by atoms with Crippen LogP contribution in [0, 0.1) is 5.92 Å². The van der Waals surface area contributed by atoms with Gasteiger partial charge in [-0.05, 0) is 71.2 Å². The van der Waals surface area contributed by atoms with Gasteiger partial charge in [-0.25, -0.2) is 0 Å². The quantitative estimate of drug-likeness (QED) is 0.512. The highest BCUT2D eigenvalue weighted by atomic mass is 15.1. The number of unbranched alkanes of at least 4 members (excludes halogenated alkanes) is 1. The van der Waals surface area contributed by atoms with E-state index >= 15 is 0 Å². The molecule has 0 spiro atoms. The first kappa shape index (κ1) is 12.7. The highest BCUT2D eigenvalue weighted by Crippen LogP contribution is 2.15. The summed E-state index contributed by atoms with van der Waals surface area (Å²) in [5.41, 5.74) is 0. The lowest BCUT2D eigenvalue weighted by Crippen LogP contribution is -2.30. The van der Waals surface area contributed by atoms with Crippen LogP contribution in [-0.2, 0) is 0 Å². The number of rotatable bonds is 7. The van der Waals surface area contributed by atoms with Crippen LogP contribution >= 0.6 is 0 Å². The Morgan fingerprint density at radius 1 is 1.33 bits per heavy atom. The Balaban J connectivity index is 1.99. The van der Waals surface area contributed by atoms with Crippen LogP contribution in [0.4, 0.5) is 0 Å². The van der Waals surface area contributed by atoms with Crippen LogP contribution in [0.2, 0.25) is 0 Å². The average molecular weight is 210 g/mol. The van der Waals surface area contributed by atoms with Crippen LogP contribution in [-0.4, -0.2) is 38.1 Å². The van der Waals surface area contributed by atoms with E-state index in [2.05, 4.69) is 23.8 Å². The van der Waals surface area contributed by atoms with Crippen molar-refractivity contribution in [3.05, 3.63) is 12.7 Å². The van der Waals surface area contributed by atoms with Gasteiger partial charge in [0.15, 0.2) is 0 Å². The highest BCUT2D eigenvalue weighted by molar-refractivity contribution is 4.70. The summed E-state index contributed by atoms with van der Waals surface area (Å²) in [7, 11) is 2.24. The molecule has 1 aliphatic rings. The molecule has 0 unspecified atom stereocenters. The molecular weight excluding hydrogens is 184 g/mol. The van der Waals surface area contributed by atoms with Gasteiger partial charge in [0.2, 0.25) is 0 Å². The zero-order valence-electron chi connectivity index (χ0n) is 10.2. The SMILES string of the molecule is C=CCCCN(C)CCC1CCNCC1. The van der Waals surface area contributed by atoms with Crippen molar-refractivity contribution in [3.8, 4) is 0 Å². The van der Waals surface area contributed by atoms with Crippen molar-refractivity contribution >= 4 is 0 Å². The van der Waals surface area contributed by atoms with Crippen LogP contribution in [0.25, 0.3) is 0 Å². The van der Waals surface area contributed by atoms with Crippen molar-refractivity contribution < 1.29 is 0 Å². The Bertz CT molecular complexity index is 162. The average Bonchev–Trinajstić information content (AvgIpc) is 2.28. The Morgan fingerprint density at radius 2 is 2.07 bits per heavy atom. The van der Waals surface area contributed by atoms with E-state index in [1.54, 1.807) is 0 Å². The van der Waals surface area contributed by atoms with Crippen molar-refractivity contribution in [3.63, 3.8) is 0 Å². The molecule has 15 heavy (non-hydrogen) atoms. The first-order valence-corrected chi connectivity index (χ1v) is 6.33. The molecule has 1 aliphatic heterocycles. The predicted molar refractivity (Wildman–Crippen MR) is 67.1 cm³/mol. The number of nitrogens with zero attached hydrogens (tertiary/aromatic N) is 1. The molecule has 0 atom stereocenters. The Labute approximate surface area is 94.7 Å². The first-order valence-electron chi connectivity index (χ1n) is 6.33. The number of allylic oxidation sites excluding steroid dienone is 1. The summed E-state index contributed by atoms with van der Waals surface area (Å²) < 4.78 is 0. The van der Waals surface area contributed by atoms with Crippen LogP contribution < -0.4 is 5.32 Å². The van der Waals surface area contributed by atoms with Crippen molar-refractivity contribution in [1.82, 2.24) is 10.2 Å². The van der Waals surface area contributed by atoms with E-state index in [0.29, 0.717) is 0 Å². The lowest BCUT2D eigenvalue weighted by molar-refractivity contribution is 0.269. The topological polar surface area (TPSA) is 15.3 Å². The fourth-order valence-electron chi connectivity index (χ4n) is 2.19. The van der Waals surface area contributed by atoms with Gasteiger partial charge in [-0.1, -0.05) is 6.08 Å². The number of hydrogen-bond acceptors (Lipinski definition) is 2. The minimum absolute atomic E-state index is 0.966. The summed E-state index contributed by atoms with van der Waals surface area (Å²) in [6.07, 6.45) is 8.55. The normalized spacial score (nSPS) is 18.3. The molecule has 0 aliphatic carbocycles. The van der Waals surface area contributed by atoms with Gasteiger partial charge in [0, 0.05) is 0 Å². The van der Waals surface area contributed by atoms with E-state index in [1.807, 2.05) is 6.08 Å². The molecule has 1 saturated heterocycles. The van der Waals surface area contributed by atoms with Crippen molar-refractivity contribution in [1.29, 1.82) is 0 Å². The van der Waals surface area contributed by atoms with Gasteiger partial charge in [0.1, 0.15) is 0 Å². The van der Waals surface area contributed by atoms with Gasteiger partial charge in [0.25, 0.3) is 0 Å². The summed E-state index contributed by atoms with van der Waals surface area (Å²) in [6, 6.07) is 0. The third-order valence-corrected chi connectivity index (χ3v) is 3.33. The Kier molecular flexibility index (Phi) is 6.69. The fourth-order valence-corrected chi connectivity index (χ4v) is 2.19. The molecule has 0 bridgehead atoms. The zero-order valence-corrected chi connectivity index (χ0v) is 10.2. The molecule has 0 amide bonds. The van der Waals surface area contributed by atoms with Gasteiger partial charge in [-0.2, -0.15) is 0 Å². The first-order chi connectivity index (χ1) is 7.33. The molecule has 2 nitrogen and oxygen atoms in total. The maximum Gasteiger partial charge on any atom is -0.00188 e. The maximum absolute atomic E-state index is 3.75. The lowest BCUT2D eigenvalue weighted by Gasteiger charge is -2.25. The summed E-state index contributed by atoms with van der Waals surface area (Å²) in [6.45, 7) is 8.69. The summed E-state index contributed by atoms with van der Waals surface area (Å²) in [5.74, 6) is 0.966. The molecular formula is C13H26N2. The number of nitrogens with one attached hydrogen (secondary N) is 1. The summed E-state index contributed by atoms with van der Waals surface area (Å²) in [5, 5.41) is 3.42. The second-order valence-electron chi connectivity index (χ2n) is 4.72. The van der Waals surface area contributed by atoms with Crippen molar-refractivity contribution in [2.75, 3.05) is 33.2 Å². The van der Waals surface area contributed by atoms with Gasteiger partial charge >= 0.3 is 0 Å². The van der Waals surface area contributed by atoms with E-state index in [4.69, 9.17) is 0 Å². The van der Waals surface area contributed by atoms with Crippen LogP contribution in [0.3, 0.4) is 0 Å². The molecule has 0 radical (unpaired) electrons. The standard InChI is InChI=1S/C13H26N2/c1-3-4-5-11-15(2)12-8-13-6-9-14-10-7-13/h3,13-14H,1,4-12H2,2H3. The maximum atomic E-state index is 3.75. The largest absolute Gasteiger partial charge is 0.317 e. The zero-order chi connectivity index (χ0) is 10.9. The number of hydrogen-bond donors (Lipinski definition) is 1. The molecule has 0 saturated carbocycles. The van der Waals surface area contributed by atoms with E-state index < -0.39 is 0 Å². The molecule has 88 valence electrons. The smallest absolute Gasteiger partial charge is 0.00188 e. The molecule has 1 fully saturated rings. The van der Waals surface area contributed by atoms with Gasteiger partial charge in [-0.3, -0.25) is 0 Å². The fraction of sp³-hybridized carbons (Fsp3) is 0.846. The number of piperidine rings is 1. The Hall–Kier alpha value is -0.340. The second kappa shape index (κ2) is 7.89. The minimum atomic E-state index is 0.966. The molecule has 0 aromatic heterocycles. The van der Waals surface area contributed by atoms with Crippen LogP contribution in [0.15, 0.2) is 12.7 Å². The third kappa shape index (κ3) is 5.95. The highest BCUT2D eigenvalue weighted by Gasteiger charge is 2.12. The summed E-state index contributed by atoms with van der Waals surface area (Å²) >= 11 is 0. The van der Waals surface area contributed by atoms with E-state index in [1.165, 1.54) is 51.9 Å². The molecule has 1 rings (SSSR count). The predicted octanol–water partition coefficient (Wildman–Crippen LogP) is 2.27. The van der Waals surface area contributed by atoms with Gasteiger partial charge in [-0.15, -0.1) is 6.58 Å². The second-order valence-corrected chi connectivity index (χ2v) is 4.72. The van der Waals surface area contributed by atoms with Gasteiger partial charge in [0.05, 0.1) is 0 Å². The van der Waals surface area contributed by atoms with E-state index in [-0.39, 0.29) is 0 Å². The monoisotopic (exact) mass is 210 g/mol. The lowest BCUT2D eigenvalue weighted by atomic mass is 9.94. The molecule has 1 heterocycles. The van der Waals surface area contributed by atoms with Crippen molar-refractivity contribution in [2.24, 2.45) is 5.92 Å². The molecule has 1 N–H and O–H groups in total. The molecule has 0 aromatic rings. The Morgan fingerprint density at radius 3 is 2.73 bits per heavy atom. The van der Waals surface area contributed by atoms with Crippen molar-refractivity contribution in [2.45, 2.75) is 32.1 Å². The van der Waals surface area contributed by atoms with Crippen LogP contribution in [0.5, 0.6) is 0 Å². The molecule has 2 heteroatoms. The van der Waals surface area contributed by atoms with E-state index in [0.717, 1.165) is 12.3 Å². The van der Waals surface area contributed by atoms with Gasteiger partial charge < -0.3 is 10.2 Å². The minimum Gasteiger partial charge on any atom is -0.317 e.